The first kappa shape index (κ1) is 22.3. The smallest absolute Gasteiger partial charge is 0.204 e. The third-order valence-electron chi connectivity index (χ3n) is 5.29. The van der Waals surface area contributed by atoms with E-state index in [1.807, 2.05) is 57.8 Å². The number of methoxy groups -OCH3 is 1. The maximum absolute atomic E-state index is 6.12. The van der Waals surface area contributed by atoms with E-state index in [1.54, 1.807) is 7.11 Å². The Balaban J connectivity index is 1.69. The first-order valence-corrected chi connectivity index (χ1v) is 11.1. The second-order valence-electron chi connectivity index (χ2n) is 7.74. The number of benzene rings is 3. The Labute approximate surface area is 198 Å². The molecular weight excluding hydrogens is 440 g/mol. The van der Waals surface area contributed by atoms with Gasteiger partial charge < -0.3 is 4.74 Å². The van der Waals surface area contributed by atoms with Crippen molar-refractivity contribution in [2.24, 2.45) is 0 Å². The van der Waals surface area contributed by atoms with Crippen LogP contribution in [-0.4, -0.2) is 33.4 Å². The molecule has 164 valence electrons. The number of hydrogen-bond acceptors (Lipinski definition) is 4. The monoisotopic (exact) mass is 464 g/mol. The lowest BCUT2D eigenvalue weighted by molar-refractivity contribution is 0.244. The molecule has 0 radical (unpaired) electrons. The topological polar surface area (TPSA) is 35.2 Å². The zero-order valence-electron chi connectivity index (χ0n) is 18.3. The molecule has 5 nitrogen and oxygen atoms in total. The quantitative estimate of drug-likeness (QED) is 0.308. The number of ether oxygens (including phenoxy) is 1. The Kier molecular flexibility index (Phi) is 6.74. The Hall–Kier alpha value is -2.93. The van der Waals surface area contributed by atoms with Crippen molar-refractivity contribution in [2.45, 2.75) is 20.1 Å². The number of hydrogen-bond donors (Lipinski definition) is 0. The molecule has 4 aromatic rings. The molecule has 0 spiro atoms. The molecule has 4 rings (SSSR count). The number of aromatic nitrogens is 3. The molecule has 1 heterocycles. The van der Waals surface area contributed by atoms with E-state index in [0.29, 0.717) is 16.5 Å². The summed E-state index contributed by atoms with van der Waals surface area (Å²) in [5, 5.41) is 5.60. The zero-order chi connectivity index (χ0) is 22.7. The number of rotatable bonds is 7. The largest absolute Gasteiger partial charge is 0.497 e. The summed E-state index contributed by atoms with van der Waals surface area (Å²) in [6.07, 6.45) is 0. The van der Waals surface area contributed by atoms with Crippen molar-refractivity contribution >= 4 is 23.8 Å². The van der Waals surface area contributed by atoms with Crippen LogP contribution in [0.25, 0.3) is 17.1 Å². The number of para-hydroxylation sites is 1. The molecule has 7 heteroatoms. The summed E-state index contributed by atoms with van der Waals surface area (Å²) in [7, 11) is 3.73. The van der Waals surface area contributed by atoms with E-state index in [-0.39, 0.29) is 0 Å². The van der Waals surface area contributed by atoms with E-state index in [1.165, 1.54) is 5.56 Å². The van der Waals surface area contributed by atoms with Crippen molar-refractivity contribution in [3.63, 3.8) is 0 Å². The highest BCUT2D eigenvalue weighted by Gasteiger charge is 2.17. The normalized spacial score (nSPS) is 11.2. The van der Waals surface area contributed by atoms with Crippen LogP contribution >= 0.6 is 23.8 Å². The number of halogens is 1. The maximum atomic E-state index is 6.12. The Bertz CT molecular complexity index is 1260. The van der Waals surface area contributed by atoms with Gasteiger partial charge in [0.15, 0.2) is 5.82 Å². The van der Waals surface area contributed by atoms with Crippen LogP contribution in [0.15, 0.2) is 72.8 Å². The van der Waals surface area contributed by atoms with Gasteiger partial charge in [-0.25, -0.2) is 4.68 Å². The van der Waals surface area contributed by atoms with Crippen LogP contribution in [0.4, 0.5) is 0 Å². The summed E-state index contributed by atoms with van der Waals surface area (Å²) in [6, 6.07) is 24.0. The molecule has 0 atom stereocenters. The minimum atomic E-state index is 0.560. The first-order chi connectivity index (χ1) is 15.5. The van der Waals surface area contributed by atoms with Crippen molar-refractivity contribution in [2.75, 3.05) is 14.2 Å². The average Bonchev–Trinajstić information content (AvgIpc) is 3.11. The molecule has 0 aliphatic heterocycles. The highest BCUT2D eigenvalue weighted by atomic mass is 35.5. The van der Waals surface area contributed by atoms with Crippen LogP contribution in [0, 0.1) is 11.7 Å². The molecule has 32 heavy (non-hydrogen) atoms. The van der Waals surface area contributed by atoms with Crippen molar-refractivity contribution in [1.29, 1.82) is 0 Å². The predicted molar refractivity (Wildman–Crippen MR) is 132 cm³/mol. The SMILES string of the molecule is COc1ccc(CN(C)Cn2nc(-c3ccc(Cl)cc3)n(-c3ccccc3C)c2=S)cc1. The third-order valence-corrected chi connectivity index (χ3v) is 5.93. The van der Waals surface area contributed by atoms with Crippen LogP contribution in [0.1, 0.15) is 11.1 Å². The van der Waals surface area contributed by atoms with Crippen molar-refractivity contribution in [1.82, 2.24) is 19.2 Å². The van der Waals surface area contributed by atoms with Crippen LogP contribution in [-0.2, 0) is 13.2 Å². The fourth-order valence-electron chi connectivity index (χ4n) is 3.64. The fraction of sp³-hybridized carbons (Fsp3) is 0.200. The molecular formula is C25H25ClN4OS. The van der Waals surface area contributed by atoms with Crippen molar-refractivity contribution < 1.29 is 4.74 Å². The van der Waals surface area contributed by atoms with Crippen LogP contribution in [0.2, 0.25) is 5.02 Å². The maximum Gasteiger partial charge on any atom is 0.204 e. The number of nitrogens with zero attached hydrogens (tertiary/aromatic N) is 4. The van der Waals surface area contributed by atoms with Gasteiger partial charge in [0.05, 0.1) is 19.5 Å². The molecule has 0 aliphatic carbocycles. The van der Waals surface area contributed by atoms with Crippen LogP contribution in [0.3, 0.4) is 0 Å². The molecule has 0 saturated carbocycles. The van der Waals surface area contributed by atoms with Gasteiger partial charge in [0.1, 0.15) is 5.75 Å². The van der Waals surface area contributed by atoms with Crippen LogP contribution in [0.5, 0.6) is 5.75 Å². The zero-order valence-corrected chi connectivity index (χ0v) is 19.9. The van der Waals surface area contributed by atoms with Gasteiger partial charge >= 0.3 is 0 Å². The van der Waals surface area contributed by atoms with E-state index in [2.05, 4.69) is 43.1 Å². The minimum Gasteiger partial charge on any atom is -0.497 e. The van der Waals surface area contributed by atoms with E-state index in [0.717, 1.165) is 34.9 Å². The average molecular weight is 465 g/mol. The Morgan fingerprint density at radius 1 is 1.00 bits per heavy atom. The molecule has 1 aromatic heterocycles. The standard InChI is InChI=1S/C25H25ClN4OS/c1-18-6-4-5-7-23(18)30-24(20-10-12-21(26)13-11-20)27-29(25(30)32)17-28(2)16-19-8-14-22(31-3)15-9-19/h4-15H,16-17H2,1-3H3. The second kappa shape index (κ2) is 9.69. The lowest BCUT2D eigenvalue weighted by Gasteiger charge is -2.16. The highest BCUT2D eigenvalue weighted by molar-refractivity contribution is 7.71. The summed E-state index contributed by atoms with van der Waals surface area (Å²) in [5.41, 5.74) is 4.30. The lowest BCUT2D eigenvalue weighted by atomic mass is 10.1. The molecule has 0 fully saturated rings. The summed E-state index contributed by atoms with van der Waals surface area (Å²) >= 11 is 12.0. The van der Waals surface area contributed by atoms with Gasteiger partial charge in [0.2, 0.25) is 4.77 Å². The van der Waals surface area contributed by atoms with Crippen molar-refractivity contribution in [3.8, 4) is 22.8 Å². The highest BCUT2D eigenvalue weighted by Crippen LogP contribution is 2.26. The lowest BCUT2D eigenvalue weighted by Crippen LogP contribution is -2.22. The molecule has 0 bridgehead atoms. The summed E-state index contributed by atoms with van der Waals surface area (Å²) < 4.78 is 9.80. The molecule has 0 N–H and O–H groups in total. The van der Waals surface area contributed by atoms with Gasteiger partial charge in [0, 0.05) is 17.1 Å². The summed E-state index contributed by atoms with van der Waals surface area (Å²) in [4.78, 5) is 2.18. The molecule has 0 unspecified atom stereocenters. The first-order valence-electron chi connectivity index (χ1n) is 10.3. The van der Waals surface area contributed by atoms with Gasteiger partial charge in [-0.1, -0.05) is 41.9 Å². The Morgan fingerprint density at radius 2 is 1.69 bits per heavy atom. The van der Waals surface area contributed by atoms with E-state index in [4.69, 9.17) is 33.7 Å². The summed E-state index contributed by atoms with van der Waals surface area (Å²) in [5.74, 6) is 1.64. The predicted octanol–water partition coefficient (Wildman–Crippen LogP) is 6.13. The number of aryl methyl sites for hydroxylation is 1. The molecule has 3 aromatic carbocycles. The van der Waals surface area contributed by atoms with E-state index >= 15 is 0 Å². The van der Waals surface area contributed by atoms with Gasteiger partial charge in [-0.15, -0.1) is 5.10 Å². The molecule has 0 saturated heterocycles. The third kappa shape index (κ3) is 4.78. The van der Waals surface area contributed by atoms with Gasteiger partial charge in [0.25, 0.3) is 0 Å². The second-order valence-corrected chi connectivity index (χ2v) is 8.54. The van der Waals surface area contributed by atoms with E-state index in [9.17, 15) is 0 Å². The van der Waals surface area contributed by atoms with E-state index < -0.39 is 0 Å². The van der Waals surface area contributed by atoms with Crippen molar-refractivity contribution in [3.05, 3.63) is 93.7 Å². The van der Waals surface area contributed by atoms with Gasteiger partial charge in [-0.05, 0) is 79.8 Å². The minimum absolute atomic E-state index is 0.560. The molecule has 0 amide bonds. The fourth-order valence-corrected chi connectivity index (χ4v) is 4.05. The Morgan fingerprint density at radius 3 is 2.34 bits per heavy atom. The summed E-state index contributed by atoms with van der Waals surface area (Å²) in [6.45, 7) is 3.40. The molecule has 0 aliphatic rings. The van der Waals surface area contributed by atoms with Gasteiger partial charge in [-0.3, -0.25) is 9.47 Å². The van der Waals surface area contributed by atoms with Gasteiger partial charge in [-0.2, -0.15) is 0 Å². The van der Waals surface area contributed by atoms with Crippen LogP contribution < -0.4 is 4.74 Å².